The van der Waals surface area contributed by atoms with Crippen LogP contribution in [0.2, 0.25) is 0 Å². The Bertz CT molecular complexity index is 665. The van der Waals surface area contributed by atoms with E-state index in [-0.39, 0.29) is 16.9 Å². The summed E-state index contributed by atoms with van der Waals surface area (Å²) in [6, 6.07) is 11.4. The Labute approximate surface area is 129 Å². The highest BCUT2D eigenvalue weighted by Gasteiger charge is 2.24. The standard InChI is InChI=1S/C17H19NO2S/c1-12(17(20)18-10-4-5-11-18)21-16-9-8-15(19)13-6-2-3-7-14(13)16/h2-3,6-9,12,19H,4-5,10-11H2,1H3. The monoisotopic (exact) mass is 301 g/mol. The van der Waals surface area contributed by atoms with Crippen LogP contribution in [-0.4, -0.2) is 34.3 Å². The summed E-state index contributed by atoms with van der Waals surface area (Å²) in [4.78, 5) is 15.4. The second kappa shape index (κ2) is 5.98. The van der Waals surface area contributed by atoms with Gasteiger partial charge in [0.2, 0.25) is 5.91 Å². The number of carbonyl (C=O) groups excluding carboxylic acids is 1. The Morgan fingerprint density at radius 3 is 2.52 bits per heavy atom. The quantitative estimate of drug-likeness (QED) is 0.880. The number of carbonyl (C=O) groups is 1. The molecule has 2 aromatic carbocycles. The first-order valence-corrected chi connectivity index (χ1v) is 8.21. The van der Waals surface area contributed by atoms with Crippen LogP contribution in [0.25, 0.3) is 10.8 Å². The van der Waals surface area contributed by atoms with Crippen molar-refractivity contribution in [3.63, 3.8) is 0 Å². The number of likely N-dealkylation sites (tertiary alicyclic amines) is 1. The third-order valence-electron chi connectivity index (χ3n) is 3.93. The van der Waals surface area contributed by atoms with E-state index in [1.54, 1.807) is 17.8 Å². The van der Waals surface area contributed by atoms with Crippen LogP contribution in [0.1, 0.15) is 19.8 Å². The van der Waals surface area contributed by atoms with Gasteiger partial charge in [0.15, 0.2) is 0 Å². The van der Waals surface area contributed by atoms with Gasteiger partial charge in [-0.1, -0.05) is 24.3 Å². The highest BCUT2D eigenvalue weighted by molar-refractivity contribution is 8.00. The van der Waals surface area contributed by atoms with Crippen LogP contribution in [0.5, 0.6) is 5.75 Å². The van der Waals surface area contributed by atoms with E-state index < -0.39 is 0 Å². The molecule has 1 aliphatic heterocycles. The highest BCUT2D eigenvalue weighted by atomic mass is 32.2. The fourth-order valence-electron chi connectivity index (χ4n) is 2.79. The van der Waals surface area contributed by atoms with Crippen LogP contribution in [-0.2, 0) is 4.79 Å². The molecule has 1 heterocycles. The number of phenols is 1. The van der Waals surface area contributed by atoms with Gasteiger partial charge in [0, 0.05) is 23.4 Å². The summed E-state index contributed by atoms with van der Waals surface area (Å²) in [6.07, 6.45) is 2.23. The molecule has 0 aliphatic carbocycles. The number of hydrogen-bond acceptors (Lipinski definition) is 3. The minimum atomic E-state index is -0.101. The third kappa shape index (κ3) is 2.86. The van der Waals surface area contributed by atoms with Gasteiger partial charge in [-0.05, 0) is 37.3 Å². The topological polar surface area (TPSA) is 40.5 Å². The van der Waals surface area contributed by atoms with Crippen molar-refractivity contribution in [2.45, 2.75) is 29.9 Å². The fraction of sp³-hybridized carbons (Fsp3) is 0.353. The van der Waals surface area contributed by atoms with Gasteiger partial charge >= 0.3 is 0 Å². The molecule has 2 aromatic rings. The Kier molecular flexibility index (Phi) is 4.06. The van der Waals surface area contributed by atoms with Crippen LogP contribution >= 0.6 is 11.8 Å². The highest BCUT2D eigenvalue weighted by Crippen LogP contribution is 2.35. The van der Waals surface area contributed by atoms with Gasteiger partial charge in [0.25, 0.3) is 0 Å². The number of hydrogen-bond donors (Lipinski definition) is 1. The summed E-state index contributed by atoms with van der Waals surface area (Å²) < 4.78 is 0. The molecule has 110 valence electrons. The molecule has 1 atom stereocenters. The zero-order chi connectivity index (χ0) is 14.8. The summed E-state index contributed by atoms with van der Waals surface area (Å²) in [5.41, 5.74) is 0. The minimum absolute atomic E-state index is 0.101. The molecular weight excluding hydrogens is 282 g/mol. The molecule has 0 radical (unpaired) electrons. The fourth-order valence-corrected chi connectivity index (χ4v) is 3.88. The summed E-state index contributed by atoms with van der Waals surface area (Å²) in [6.45, 7) is 3.74. The van der Waals surface area contributed by atoms with Crippen molar-refractivity contribution in [3.8, 4) is 5.75 Å². The SMILES string of the molecule is CC(Sc1ccc(O)c2ccccc12)C(=O)N1CCCC1. The number of rotatable bonds is 3. The van der Waals surface area contributed by atoms with Crippen LogP contribution in [0.15, 0.2) is 41.3 Å². The van der Waals surface area contributed by atoms with E-state index in [1.807, 2.05) is 42.2 Å². The molecule has 21 heavy (non-hydrogen) atoms. The molecule has 0 aromatic heterocycles. The van der Waals surface area contributed by atoms with Gasteiger partial charge in [-0.15, -0.1) is 11.8 Å². The predicted octanol–water partition coefficient (Wildman–Crippen LogP) is 3.65. The average molecular weight is 301 g/mol. The zero-order valence-corrected chi connectivity index (χ0v) is 12.9. The normalized spacial score (nSPS) is 16.3. The van der Waals surface area contributed by atoms with E-state index in [0.29, 0.717) is 0 Å². The summed E-state index contributed by atoms with van der Waals surface area (Å²) in [5, 5.41) is 11.7. The predicted molar refractivity (Wildman–Crippen MR) is 86.7 cm³/mol. The number of nitrogens with zero attached hydrogens (tertiary/aromatic N) is 1. The van der Waals surface area contributed by atoms with Crippen molar-refractivity contribution in [1.82, 2.24) is 4.90 Å². The number of aromatic hydroxyl groups is 1. The number of thioether (sulfide) groups is 1. The Hall–Kier alpha value is -1.68. The summed E-state index contributed by atoms with van der Waals surface area (Å²) in [5.74, 6) is 0.503. The van der Waals surface area contributed by atoms with Crippen molar-refractivity contribution < 1.29 is 9.90 Å². The maximum absolute atomic E-state index is 12.4. The lowest BCUT2D eigenvalue weighted by molar-refractivity contribution is -0.129. The van der Waals surface area contributed by atoms with E-state index in [4.69, 9.17) is 0 Å². The molecule has 3 rings (SSSR count). The first-order valence-electron chi connectivity index (χ1n) is 7.33. The Balaban J connectivity index is 1.84. The minimum Gasteiger partial charge on any atom is -0.507 e. The molecule has 1 fully saturated rings. The van der Waals surface area contributed by atoms with Gasteiger partial charge in [-0.3, -0.25) is 4.79 Å². The average Bonchev–Trinajstić information content (AvgIpc) is 3.04. The summed E-state index contributed by atoms with van der Waals surface area (Å²) in [7, 11) is 0. The number of fused-ring (bicyclic) bond motifs is 1. The Morgan fingerprint density at radius 2 is 1.81 bits per heavy atom. The number of benzene rings is 2. The van der Waals surface area contributed by atoms with Gasteiger partial charge in [0.1, 0.15) is 5.75 Å². The molecule has 1 unspecified atom stereocenters. The molecule has 0 bridgehead atoms. The van der Waals surface area contributed by atoms with Crippen molar-refractivity contribution in [2.24, 2.45) is 0 Å². The first-order chi connectivity index (χ1) is 10.2. The third-order valence-corrected chi connectivity index (χ3v) is 5.10. The van der Waals surface area contributed by atoms with E-state index in [0.717, 1.165) is 41.6 Å². The molecule has 1 N–H and O–H groups in total. The van der Waals surface area contributed by atoms with Crippen molar-refractivity contribution in [2.75, 3.05) is 13.1 Å². The molecule has 1 amide bonds. The van der Waals surface area contributed by atoms with Gasteiger partial charge in [-0.2, -0.15) is 0 Å². The second-order valence-electron chi connectivity index (χ2n) is 5.42. The number of phenolic OH excluding ortho intramolecular Hbond substituents is 1. The van der Waals surface area contributed by atoms with Gasteiger partial charge in [0.05, 0.1) is 5.25 Å². The molecule has 0 saturated carbocycles. The molecular formula is C17H19NO2S. The zero-order valence-electron chi connectivity index (χ0n) is 12.1. The van der Waals surface area contributed by atoms with E-state index in [2.05, 4.69) is 0 Å². The number of amides is 1. The van der Waals surface area contributed by atoms with Crippen molar-refractivity contribution in [3.05, 3.63) is 36.4 Å². The smallest absolute Gasteiger partial charge is 0.235 e. The molecule has 3 nitrogen and oxygen atoms in total. The van der Waals surface area contributed by atoms with E-state index in [9.17, 15) is 9.90 Å². The Morgan fingerprint density at radius 1 is 1.14 bits per heavy atom. The van der Waals surface area contributed by atoms with Crippen molar-refractivity contribution in [1.29, 1.82) is 0 Å². The van der Waals surface area contributed by atoms with Crippen LogP contribution in [0, 0.1) is 0 Å². The molecule has 1 aliphatic rings. The van der Waals surface area contributed by atoms with Gasteiger partial charge < -0.3 is 10.0 Å². The molecule has 1 saturated heterocycles. The van der Waals surface area contributed by atoms with E-state index >= 15 is 0 Å². The lowest BCUT2D eigenvalue weighted by Crippen LogP contribution is -2.33. The van der Waals surface area contributed by atoms with Crippen molar-refractivity contribution >= 4 is 28.4 Å². The van der Waals surface area contributed by atoms with Gasteiger partial charge in [-0.25, -0.2) is 0 Å². The van der Waals surface area contributed by atoms with Crippen LogP contribution < -0.4 is 0 Å². The molecule has 0 spiro atoms. The first kappa shape index (κ1) is 14.3. The van der Waals surface area contributed by atoms with E-state index in [1.165, 1.54) is 0 Å². The summed E-state index contributed by atoms with van der Waals surface area (Å²) >= 11 is 1.57. The maximum Gasteiger partial charge on any atom is 0.235 e. The second-order valence-corrected chi connectivity index (χ2v) is 6.80. The maximum atomic E-state index is 12.4. The lowest BCUT2D eigenvalue weighted by Gasteiger charge is -2.20. The van der Waals surface area contributed by atoms with Crippen LogP contribution in [0.3, 0.4) is 0 Å². The largest absolute Gasteiger partial charge is 0.507 e. The van der Waals surface area contributed by atoms with Crippen LogP contribution in [0.4, 0.5) is 0 Å². The lowest BCUT2D eigenvalue weighted by atomic mass is 10.1. The molecule has 4 heteroatoms.